The molecule has 0 saturated heterocycles. The van der Waals surface area contributed by atoms with Crippen LogP contribution in [0.2, 0.25) is 0 Å². The van der Waals surface area contributed by atoms with Gasteiger partial charge in [-0.1, -0.05) is 18.2 Å². The number of hydrogen-bond acceptors (Lipinski definition) is 4. The van der Waals surface area contributed by atoms with E-state index in [2.05, 4.69) is 4.98 Å². The zero-order valence-electron chi connectivity index (χ0n) is 11.1. The molecular weight excluding hydrogens is 268 g/mol. The number of nitrogens with zero attached hydrogens (tertiary/aromatic N) is 2. The maximum Gasteiger partial charge on any atom is 0.276 e. The minimum atomic E-state index is -0.400. The summed E-state index contributed by atoms with van der Waals surface area (Å²) in [5.41, 5.74) is 1.50. The van der Waals surface area contributed by atoms with Gasteiger partial charge in [-0.2, -0.15) is 0 Å². The van der Waals surface area contributed by atoms with Crippen LogP contribution in [0.25, 0.3) is 10.9 Å². The first-order valence-electron chi connectivity index (χ1n) is 6.44. The molecule has 0 N–H and O–H groups in total. The Bertz CT molecular complexity index is 802. The van der Waals surface area contributed by atoms with Gasteiger partial charge in [-0.15, -0.1) is 0 Å². The van der Waals surface area contributed by atoms with E-state index in [1.807, 2.05) is 30.3 Å². The first-order chi connectivity index (χ1) is 10.2. The lowest BCUT2D eigenvalue weighted by molar-refractivity contribution is -0.385. The number of pyridine rings is 1. The molecule has 0 saturated carbocycles. The van der Waals surface area contributed by atoms with E-state index < -0.39 is 4.92 Å². The van der Waals surface area contributed by atoms with Crippen molar-refractivity contribution in [2.24, 2.45) is 0 Å². The maximum absolute atomic E-state index is 10.9. The van der Waals surface area contributed by atoms with Crippen molar-refractivity contribution in [1.82, 2.24) is 4.98 Å². The molecular formula is C16H12N2O3. The predicted molar refractivity (Wildman–Crippen MR) is 79.2 cm³/mol. The lowest BCUT2D eigenvalue weighted by Crippen LogP contribution is -2.00. The summed E-state index contributed by atoms with van der Waals surface area (Å²) in [6.45, 7) is 0.156. The van der Waals surface area contributed by atoms with Crippen LogP contribution in [-0.2, 0) is 6.61 Å². The van der Waals surface area contributed by atoms with Gasteiger partial charge in [-0.3, -0.25) is 15.1 Å². The van der Waals surface area contributed by atoms with Gasteiger partial charge in [-0.05, 0) is 30.3 Å². The Morgan fingerprint density at radius 1 is 1.10 bits per heavy atom. The lowest BCUT2D eigenvalue weighted by Gasteiger charge is -2.07. The molecule has 0 radical (unpaired) electrons. The van der Waals surface area contributed by atoms with E-state index in [4.69, 9.17) is 4.74 Å². The summed E-state index contributed by atoms with van der Waals surface area (Å²) in [5.74, 6) is 0.661. The van der Waals surface area contributed by atoms with E-state index >= 15 is 0 Å². The Kier molecular flexibility index (Phi) is 3.47. The summed E-state index contributed by atoms with van der Waals surface area (Å²) in [7, 11) is 0. The third-order valence-corrected chi connectivity index (χ3v) is 3.16. The third-order valence-electron chi connectivity index (χ3n) is 3.16. The maximum atomic E-state index is 10.9. The summed E-state index contributed by atoms with van der Waals surface area (Å²) < 4.78 is 5.66. The van der Waals surface area contributed by atoms with Gasteiger partial charge < -0.3 is 4.74 Å². The van der Waals surface area contributed by atoms with Gasteiger partial charge in [-0.25, -0.2) is 0 Å². The Morgan fingerprint density at radius 3 is 2.81 bits per heavy atom. The number of benzene rings is 2. The highest BCUT2D eigenvalue weighted by Crippen LogP contribution is 2.22. The second kappa shape index (κ2) is 5.58. The number of nitro groups is 1. The molecule has 1 heterocycles. The molecule has 0 aliphatic heterocycles. The fourth-order valence-corrected chi connectivity index (χ4v) is 2.12. The van der Waals surface area contributed by atoms with Crippen LogP contribution in [0.4, 0.5) is 5.69 Å². The van der Waals surface area contributed by atoms with Gasteiger partial charge in [0.05, 0.1) is 16.0 Å². The van der Waals surface area contributed by atoms with Crippen LogP contribution < -0.4 is 4.74 Å². The van der Waals surface area contributed by atoms with Crippen molar-refractivity contribution in [2.75, 3.05) is 0 Å². The molecule has 0 spiro atoms. The first-order valence-corrected chi connectivity index (χ1v) is 6.44. The number of nitro benzene ring substituents is 1. The molecule has 2 aromatic carbocycles. The summed E-state index contributed by atoms with van der Waals surface area (Å²) in [4.78, 5) is 14.8. The highest BCUT2D eigenvalue weighted by atomic mass is 16.6. The molecule has 0 unspecified atom stereocenters. The second-order valence-corrected chi connectivity index (χ2v) is 4.53. The van der Waals surface area contributed by atoms with Crippen molar-refractivity contribution >= 4 is 16.6 Å². The molecule has 0 aliphatic rings. The average molecular weight is 280 g/mol. The third kappa shape index (κ3) is 2.81. The molecule has 0 fully saturated rings. The van der Waals surface area contributed by atoms with Gasteiger partial charge in [0.15, 0.2) is 0 Å². The van der Waals surface area contributed by atoms with Crippen LogP contribution in [0.15, 0.2) is 60.8 Å². The SMILES string of the molecule is O=[N+]([O-])c1ccccc1COc1ccc2ncccc2c1. The monoisotopic (exact) mass is 280 g/mol. The van der Waals surface area contributed by atoms with Crippen LogP contribution in [0, 0.1) is 10.1 Å². The van der Waals surface area contributed by atoms with E-state index in [0.717, 1.165) is 10.9 Å². The zero-order valence-corrected chi connectivity index (χ0v) is 11.1. The quantitative estimate of drug-likeness (QED) is 0.539. The summed E-state index contributed by atoms with van der Waals surface area (Å²) >= 11 is 0. The Labute approximate surface area is 121 Å². The first kappa shape index (κ1) is 13.1. The number of para-hydroxylation sites is 1. The Hall–Kier alpha value is -2.95. The van der Waals surface area contributed by atoms with E-state index in [0.29, 0.717) is 11.3 Å². The summed E-state index contributed by atoms with van der Waals surface area (Å²) in [6, 6.07) is 15.9. The Balaban J connectivity index is 1.82. The van der Waals surface area contributed by atoms with E-state index in [1.54, 1.807) is 24.4 Å². The second-order valence-electron chi connectivity index (χ2n) is 4.53. The smallest absolute Gasteiger partial charge is 0.276 e. The van der Waals surface area contributed by atoms with E-state index in [-0.39, 0.29) is 12.3 Å². The van der Waals surface area contributed by atoms with Crippen LogP contribution >= 0.6 is 0 Å². The number of hydrogen-bond donors (Lipinski definition) is 0. The number of ether oxygens (including phenoxy) is 1. The molecule has 0 atom stereocenters. The number of aromatic nitrogens is 1. The van der Waals surface area contributed by atoms with Gasteiger partial charge in [0.1, 0.15) is 12.4 Å². The van der Waals surface area contributed by atoms with Crippen molar-refractivity contribution in [3.63, 3.8) is 0 Å². The standard InChI is InChI=1S/C16H12N2O3/c19-18(20)16-6-2-1-4-13(16)11-21-14-7-8-15-12(10-14)5-3-9-17-15/h1-10H,11H2. The van der Waals surface area contributed by atoms with Crippen molar-refractivity contribution in [3.8, 4) is 5.75 Å². The minimum absolute atomic E-state index is 0.0694. The molecule has 3 rings (SSSR count). The molecule has 0 amide bonds. The minimum Gasteiger partial charge on any atom is -0.489 e. The lowest BCUT2D eigenvalue weighted by atomic mass is 10.2. The van der Waals surface area contributed by atoms with E-state index in [1.165, 1.54) is 6.07 Å². The predicted octanol–water partition coefficient (Wildman–Crippen LogP) is 3.72. The van der Waals surface area contributed by atoms with Crippen molar-refractivity contribution in [2.45, 2.75) is 6.61 Å². The molecule has 0 aliphatic carbocycles. The number of fused-ring (bicyclic) bond motifs is 1. The van der Waals surface area contributed by atoms with Gasteiger partial charge in [0.25, 0.3) is 5.69 Å². The van der Waals surface area contributed by atoms with Crippen LogP contribution in [-0.4, -0.2) is 9.91 Å². The van der Waals surface area contributed by atoms with Crippen molar-refractivity contribution < 1.29 is 9.66 Å². The normalized spacial score (nSPS) is 10.5. The summed E-state index contributed by atoms with van der Waals surface area (Å²) in [6.07, 6.45) is 1.73. The largest absolute Gasteiger partial charge is 0.489 e. The van der Waals surface area contributed by atoms with Gasteiger partial charge >= 0.3 is 0 Å². The fourth-order valence-electron chi connectivity index (χ4n) is 2.12. The zero-order chi connectivity index (χ0) is 14.7. The molecule has 5 nitrogen and oxygen atoms in total. The molecule has 0 bridgehead atoms. The van der Waals surface area contributed by atoms with Crippen LogP contribution in [0.5, 0.6) is 5.75 Å². The Morgan fingerprint density at radius 2 is 1.95 bits per heavy atom. The molecule has 21 heavy (non-hydrogen) atoms. The molecule has 5 heteroatoms. The van der Waals surface area contributed by atoms with Crippen molar-refractivity contribution in [3.05, 3.63) is 76.5 Å². The molecule has 1 aromatic heterocycles. The van der Waals surface area contributed by atoms with E-state index in [9.17, 15) is 10.1 Å². The van der Waals surface area contributed by atoms with Gasteiger partial charge in [0, 0.05) is 17.6 Å². The van der Waals surface area contributed by atoms with Crippen LogP contribution in [0.3, 0.4) is 0 Å². The highest BCUT2D eigenvalue weighted by molar-refractivity contribution is 5.79. The fraction of sp³-hybridized carbons (Fsp3) is 0.0625. The summed E-state index contributed by atoms with van der Waals surface area (Å²) in [5, 5.41) is 11.9. The molecule has 3 aromatic rings. The van der Waals surface area contributed by atoms with Crippen molar-refractivity contribution in [1.29, 1.82) is 0 Å². The van der Waals surface area contributed by atoms with Gasteiger partial charge in [0.2, 0.25) is 0 Å². The highest BCUT2D eigenvalue weighted by Gasteiger charge is 2.12. The molecule has 104 valence electrons. The number of rotatable bonds is 4. The average Bonchev–Trinajstić information content (AvgIpc) is 2.53. The van der Waals surface area contributed by atoms with Crippen LogP contribution in [0.1, 0.15) is 5.56 Å². The topological polar surface area (TPSA) is 65.3 Å².